The summed E-state index contributed by atoms with van der Waals surface area (Å²) in [4.78, 5) is 23.6. The van der Waals surface area contributed by atoms with Crippen molar-refractivity contribution in [1.29, 1.82) is 0 Å². The largest absolute Gasteiger partial charge is 0.478 e. The molecule has 21 heavy (non-hydrogen) atoms. The molecule has 3 aromatic rings. The zero-order valence-corrected chi connectivity index (χ0v) is 12.0. The Hall–Kier alpha value is -2.54. The van der Waals surface area contributed by atoms with Gasteiger partial charge in [0.25, 0.3) is 0 Å². The van der Waals surface area contributed by atoms with Gasteiger partial charge in [0.1, 0.15) is 17.2 Å². The number of nitrogens with one attached hydrogen (secondary N) is 1. The smallest absolute Gasteiger partial charge is 0.335 e. The molecule has 0 spiro atoms. The van der Waals surface area contributed by atoms with Crippen molar-refractivity contribution in [3.63, 3.8) is 0 Å². The number of anilines is 1. The van der Waals surface area contributed by atoms with E-state index in [9.17, 15) is 4.79 Å². The van der Waals surface area contributed by atoms with E-state index >= 15 is 0 Å². The van der Waals surface area contributed by atoms with Crippen LogP contribution in [0.5, 0.6) is 0 Å². The minimum Gasteiger partial charge on any atom is -0.478 e. The quantitative estimate of drug-likeness (QED) is 0.770. The van der Waals surface area contributed by atoms with E-state index < -0.39 is 5.97 Å². The molecule has 2 aromatic heterocycles. The van der Waals surface area contributed by atoms with Gasteiger partial charge in [-0.25, -0.2) is 19.7 Å². The molecule has 0 fully saturated rings. The number of nitrogens with zero attached hydrogens (tertiary/aromatic N) is 3. The molecule has 0 saturated heterocycles. The topological polar surface area (TPSA) is 88.0 Å². The Labute approximate surface area is 124 Å². The number of thiazole rings is 1. The molecule has 0 saturated carbocycles. The molecule has 1 aromatic carbocycles. The molecule has 1 atom stereocenters. The molecular weight excluding hydrogens is 288 g/mol. The Morgan fingerprint density at radius 3 is 2.90 bits per heavy atom. The first-order valence-electron chi connectivity index (χ1n) is 6.29. The third-order valence-electron chi connectivity index (χ3n) is 3.06. The first-order chi connectivity index (χ1) is 10.1. The van der Waals surface area contributed by atoms with Crippen molar-refractivity contribution in [3.05, 3.63) is 46.7 Å². The number of benzene rings is 1. The van der Waals surface area contributed by atoms with E-state index in [0.29, 0.717) is 11.3 Å². The van der Waals surface area contributed by atoms with Crippen LogP contribution in [0.15, 0.2) is 36.1 Å². The summed E-state index contributed by atoms with van der Waals surface area (Å²) >= 11 is 1.57. The highest BCUT2D eigenvalue weighted by molar-refractivity contribution is 7.09. The summed E-state index contributed by atoms with van der Waals surface area (Å²) in [5.41, 5.74) is 0.805. The SMILES string of the molecule is CC(Nc1ncnc2cc(C(=O)O)ccc12)c1nccs1. The first kappa shape index (κ1) is 13.4. The summed E-state index contributed by atoms with van der Waals surface area (Å²) in [5, 5.41) is 16.0. The van der Waals surface area contributed by atoms with Crippen LogP contribution in [0, 0.1) is 0 Å². The summed E-state index contributed by atoms with van der Waals surface area (Å²) in [7, 11) is 0. The molecular formula is C14H12N4O2S. The lowest BCUT2D eigenvalue weighted by Crippen LogP contribution is -2.08. The van der Waals surface area contributed by atoms with Gasteiger partial charge in [-0.1, -0.05) is 0 Å². The maximum atomic E-state index is 11.0. The predicted molar refractivity (Wildman–Crippen MR) is 80.6 cm³/mol. The van der Waals surface area contributed by atoms with Crippen LogP contribution in [0.1, 0.15) is 28.3 Å². The third-order valence-corrected chi connectivity index (χ3v) is 4.02. The van der Waals surface area contributed by atoms with Crippen LogP contribution in [0.25, 0.3) is 10.9 Å². The van der Waals surface area contributed by atoms with Crippen LogP contribution >= 0.6 is 11.3 Å². The predicted octanol–water partition coefficient (Wildman–Crippen LogP) is 2.96. The highest BCUT2D eigenvalue weighted by Gasteiger charge is 2.12. The molecule has 3 rings (SSSR count). The Kier molecular flexibility index (Phi) is 3.49. The van der Waals surface area contributed by atoms with Crippen molar-refractivity contribution >= 4 is 34.0 Å². The highest BCUT2D eigenvalue weighted by atomic mass is 32.1. The summed E-state index contributed by atoms with van der Waals surface area (Å²) in [5.74, 6) is -0.305. The van der Waals surface area contributed by atoms with Gasteiger partial charge in [-0.3, -0.25) is 0 Å². The van der Waals surface area contributed by atoms with E-state index in [1.807, 2.05) is 12.3 Å². The number of aromatic nitrogens is 3. The van der Waals surface area contributed by atoms with Crippen LogP contribution < -0.4 is 5.32 Å². The Balaban J connectivity index is 1.97. The van der Waals surface area contributed by atoms with Crippen LogP contribution in [0.3, 0.4) is 0 Å². The van der Waals surface area contributed by atoms with Gasteiger partial charge in [-0.2, -0.15) is 0 Å². The molecule has 0 aliphatic heterocycles. The standard InChI is InChI=1S/C14H12N4O2S/c1-8(13-15-4-5-21-13)18-12-10-3-2-9(14(19)20)6-11(10)16-7-17-12/h2-8H,1H3,(H,19,20)(H,16,17,18). The molecule has 0 aliphatic carbocycles. The lowest BCUT2D eigenvalue weighted by Gasteiger charge is -2.13. The molecule has 6 nitrogen and oxygen atoms in total. The maximum Gasteiger partial charge on any atom is 0.335 e. The van der Waals surface area contributed by atoms with Gasteiger partial charge in [0, 0.05) is 17.0 Å². The summed E-state index contributed by atoms with van der Waals surface area (Å²) < 4.78 is 0. The van der Waals surface area contributed by atoms with E-state index in [1.165, 1.54) is 6.33 Å². The van der Waals surface area contributed by atoms with Gasteiger partial charge in [-0.15, -0.1) is 11.3 Å². The zero-order valence-electron chi connectivity index (χ0n) is 11.1. The third kappa shape index (κ3) is 2.68. The lowest BCUT2D eigenvalue weighted by atomic mass is 10.1. The van der Waals surface area contributed by atoms with Gasteiger partial charge >= 0.3 is 5.97 Å². The number of rotatable bonds is 4. The Morgan fingerprint density at radius 2 is 2.19 bits per heavy atom. The number of carboxylic acid groups (broad SMARTS) is 1. The fourth-order valence-corrected chi connectivity index (χ4v) is 2.67. The second kappa shape index (κ2) is 5.45. The summed E-state index contributed by atoms with van der Waals surface area (Å²) in [6, 6.07) is 4.82. The van der Waals surface area contributed by atoms with Gasteiger partial charge in [0.2, 0.25) is 0 Å². The first-order valence-corrected chi connectivity index (χ1v) is 7.17. The van der Waals surface area contributed by atoms with Gasteiger partial charge in [0.15, 0.2) is 0 Å². The van der Waals surface area contributed by atoms with Gasteiger partial charge < -0.3 is 10.4 Å². The van der Waals surface area contributed by atoms with E-state index in [2.05, 4.69) is 20.3 Å². The number of aromatic carboxylic acids is 1. The molecule has 106 valence electrons. The van der Waals surface area contributed by atoms with Gasteiger partial charge in [0.05, 0.1) is 17.1 Å². The second-order valence-electron chi connectivity index (χ2n) is 4.50. The van der Waals surface area contributed by atoms with E-state index in [4.69, 9.17) is 5.11 Å². The zero-order chi connectivity index (χ0) is 14.8. The van der Waals surface area contributed by atoms with Crippen molar-refractivity contribution in [2.24, 2.45) is 0 Å². The van der Waals surface area contributed by atoms with E-state index in [-0.39, 0.29) is 11.6 Å². The molecule has 0 bridgehead atoms. The fraction of sp³-hybridized carbons (Fsp3) is 0.143. The number of hydrogen-bond donors (Lipinski definition) is 2. The van der Waals surface area contributed by atoms with Crippen molar-refractivity contribution < 1.29 is 9.90 Å². The average Bonchev–Trinajstić information content (AvgIpc) is 3.01. The lowest BCUT2D eigenvalue weighted by molar-refractivity contribution is 0.0697. The molecule has 2 N–H and O–H groups in total. The minimum atomic E-state index is -0.971. The van der Waals surface area contributed by atoms with Crippen LogP contribution in [0.4, 0.5) is 5.82 Å². The van der Waals surface area contributed by atoms with Crippen molar-refractivity contribution in [2.75, 3.05) is 5.32 Å². The molecule has 7 heteroatoms. The molecule has 0 aliphatic rings. The summed E-state index contributed by atoms with van der Waals surface area (Å²) in [6.07, 6.45) is 3.18. The van der Waals surface area contributed by atoms with Crippen molar-refractivity contribution in [1.82, 2.24) is 15.0 Å². The van der Waals surface area contributed by atoms with Gasteiger partial charge in [-0.05, 0) is 25.1 Å². The van der Waals surface area contributed by atoms with E-state index in [0.717, 1.165) is 10.4 Å². The number of carbonyl (C=O) groups is 1. The molecule has 2 heterocycles. The minimum absolute atomic E-state index is 0.0160. The van der Waals surface area contributed by atoms with Crippen molar-refractivity contribution in [2.45, 2.75) is 13.0 Å². The highest BCUT2D eigenvalue weighted by Crippen LogP contribution is 2.25. The van der Waals surface area contributed by atoms with E-state index in [1.54, 1.807) is 35.7 Å². The molecule has 0 radical (unpaired) electrons. The number of carboxylic acids is 1. The Morgan fingerprint density at radius 1 is 1.33 bits per heavy atom. The Bertz CT molecular complexity index is 789. The fourth-order valence-electron chi connectivity index (χ4n) is 2.02. The maximum absolute atomic E-state index is 11.0. The molecule has 1 unspecified atom stereocenters. The number of hydrogen-bond acceptors (Lipinski definition) is 6. The van der Waals surface area contributed by atoms with Crippen LogP contribution in [-0.2, 0) is 0 Å². The van der Waals surface area contributed by atoms with Crippen LogP contribution in [0.2, 0.25) is 0 Å². The monoisotopic (exact) mass is 300 g/mol. The second-order valence-corrected chi connectivity index (χ2v) is 5.42. The number of fused-ring (bicyclic) bond motifs is 1. The molecule has 0 amide bonds. The average molecular weight is 300 g/mol. The normalized spacial score (nSPS) is 12.2. The van der Waals surface area contributed by atoms with Crippen LogP contribution in [-0.4, -0.2) is 26.0 Å². The summed E-state index contributed by atoms with van der Waals surface area (Å²) in [6.45, 7) is 2.00. The van der Waals surface area contributed by atoms with Crippen molar-refractivity contribution in [3.8, 4) is 0 Å².